The van der Waals surface area contributed by atoms with E-state index in [-0.39, 0.29) is 0 Å². The highest BCUT2D eigenvalue weighted by atomic mass is 32.1. The molecule has 3 rings (SSSR count). The van der Waals surface area contributed by atoms with Gasteiger partial charge in [0.05, 0.1) is 11.8 Å². The zero-order valence-electron chi connectivity index (χ0n) is 10.3. The van der Waals surface area contributed by atoms with E-state index < -0.39 is 6.10 Å². The first-order valence-corrected chi connectivity index (χ1v) is 7.07. The van der Waals surface area contributed by atoms with Gasteiger partial charge in [0.2, 0.25) is 0 Å². The molecule has 94 valence electrons. The lowest BCUT2D eigenvalue weighted by molar-refractivity contribution is 0.195. The quantitative estimate of drug-likeness (QED) is 0.902. The molecule has 1 aromatic heterocycles. The smallest absolute Gasteiger partial charge is 0.185 e. The van der Waals surface area contributed by atoms with E-state index in [0.29, 0.717) is 0 Å². The molecule has 1 aliphatic heterocycles. The minimum atomic E-state index is -0.480. The molecule has 3 nitrogen and oxygen atoms in total. The van der Waals surface area contributed by atoms with Gasteiger partial charge in [0.15, 0.2) is 5.13 Å². The first-order valence-electron chi connectivity index (χ1n) is 6.19. The molecule has 2 heterocycles. The minimum Gasteiger partial charge on any atom is -0.387 e. The fraction of sp³-hybridized carbons (Fsp3) is 0.357. The fourth-order valence-electron chi connectivity index (χ4n) is 2.27. The Labute approximate surface area is 111 Å². The number of hydrogen-bond donors (Lipinski definition) is 1. The maximum Gasteiger partial charge on any atom is 0.185 e. The Balaban J connectivity index is 1.83. The van der Waals surface area contributed by atoms with Crippen molar-refractivity contribution in [2.75, 3.05) is 11.4 Å². The van der Waals surface area contributed by atoms with Crippen LogP contribution in [0.1, 0.15) is 29.8 Å². The Hall–Kier alpha value is -1.39. The predicted molar refractivity (Wildman–Crippen MR) is 73.9 cm³/mol. The van der Waals surface area contributed by atoms with Crippen LogP contribution < -0.4 is 4.90 Å². The largest absolute Gasteiger partial charge is 0.387 e. The van der Waals surface area contributed by atoms with Crippen molar-refractivity contribution in [2.24, 2.45) is 0 Å². The molecule has 0 radical (unpaired) electrons. The Morgan fingerprint density at radius 3 is 2.83 bits per heavy atom. The SMILES string of the molecule is CC(O)c1csc(N2CCc3ccccc3C2)n1. The van der Waals surface area contributed by atoms with E-state index in [1.54, 1.807) is 18.3 Å². The van der Waals surface area contributed by atoms with Gasteiger partial charge in [-0.05, 0) is 24.5 Å². The molecule has 0 saturated heterocycles. The Bertz CT molecular complexity index is 550. The minimum absolute atomic E-state index is 0.480. The van der Waals surface area contributed by atoms with E-state index in [1.165, 1.54) is 11.1 Å². The summed E-state index contributed by atoms with van der Waals surface area (Å²) < 4.78 is 0. The van der Waals surface area contributed by atoms with Crippen molar-refractivity contribution < 1.29 is 5.11 Å². The topological polar surface area (TPSA) is 36.4 Å². The van der Waals surface area contributed by atoms with Gasteiger partial charge in [-0.15, -0.1) is 11.3 Å². The van der Waals surface area contributed by atoms with Gasteiger partial charge in [-0.2, -0.15) is 0 Å². The third-order valence-corrected chi connectivity index (χ3v) is 4.26. The summed E-state index contributed by atoms with van der Waals surface area (Å²) in [5.74, 6) is 0. The van der Waals surface area contributed by atoms with Crippen LogP contribution in [0.25, 0.3) is 0 Å². The van der Waals surface area contributed by atoms with Crippen molar-refractivity contribution in [3.05, 3.63) is 46.5 Å². The summed E-state index contributed by atoms with van der Waals surface area (Å²) in [7, 11) is 0. The predicted octanol–water partition coefficient (Wildman–Crippen LogP) is 2.76. The Kier molecular flexibility index (Phi) is 3.06. The average molecular weight is 260 g/mol. The second-order valence-corrected chi connectivity index (χ2v) is 5.51. The van der Waals surface area contributed by atoms with Crippen molar-refractivity contribution in [3.8, 4) is 0 Å². The first-order chi connectivity index (χ1) is 8.74. The molecule has 1 aliphatic rings. The number of fused-ring (bicyclic) bond motifs is 1. The molecule has 0 saturated carbocycles. The Morgan fingerprint density at radius 1 is 1.33 bits per heavy atom. The van der Waals surface area contributed by atoms with Gasteiger partial charge in [-0.3, -0.25) is 0 Å². The lowest BCUT2D eigenvalue weighted by Gasteiger charge is -2.28. The van der Waals surface area contributed by atoms with Crippen molar-refractivity contribution in [2.45, 2.75) is 26.0 Å². The first kappa shape index (κ1) is 11.7. The third-order valence-electron chi connectivity index (χ3n) is 3.34. The number of rotatable bonds is 2. The van der Waals surface area contributed by atoms with Gasteiger partial charge in [0, 0.05) is 18.5 Å². The molecular formula is C14H16N2OS. The highest BCUT2D eigenvalue weighted by Gasteiger charge is 2.19. The molecule has 1 aromatic carbocycles. The molecule has 18 heavy (non-hydrogen) atoms. The summed E-state index contributed by atoms with van der Waals surface area (Å²) >= 11 is 1.61. The van der Waals surface area contributed by atoms with Crippen LogP contribution in [0.3, 0.4) is 0 Å². The molecule has 1 N–H and O–H groups in total. The summed E-state index contributed by atoms with van der Waals surface area (Å²) in [5.41, 5.74) is 3.60. The second kappa shape index (κ2) is 4.71. The number of aliphatic hydroxyl groups is 1. The zero-order valence-corrected chi connectivity index (χ0v) is 11.2. The standard InChI is InChI=1S/C14H16N2OS/c1-10(17)13-9-18-14(15-13)16-7-6-11-4-2-3-5-12(11)8-16/h2-5,9-10,17H,6-8H2,1H3. The third kappa shape index (κ3) is 2.13. The van der Waals surface area contributed by atoms with Gasteiger partial charge in [0.1, 0.15) is 0 Å². The number of benzene rings is 1. The van der Waals surface area contributed by atoms with Gasteiger partial charge in [-0.1, -0.05) is 24.3 Å². The van der Waals surface area contributed by atoms with Crippen molar-refractivity contribution in [1.82, 2.24) is 4.98 Å². The molecule has 0 amide bonds. The van der Waals surface area contributed by atoms with Crippen LogP contribution >= 0.6 is 11.3 Å². The van der Waals surface area contributed by atoms with Crippen LogP contribution in [-0.4, -0.2) is 16.6 Å². The van der Waals surface area contributed by atoms with Crippen molar-refractivity contribution >= 4 is 16.5 Å². The van der Waals surface area contributed by atoms with E-state index in [0.717, 1.165) is 30.3 Å². The molecule has 0 aliphatic carbocycles. The van der Waals surface area contributed by atoms with Gasteiger partial charge >= 0.3 is 0 Å². The zero-order chi connectivity index (χ0) is 12.5. The van der Waals surface area contributed by atoms with Crippen LogP contribution in [0.5, 0.6) is 0 Å². The van der Waals surface area contributed by atoms with E-state index in [9.17, 15) is 5.11 Å². The maximum absolute atomic E-state index is 9.52. The number of nitrogens with zero attached hydrogens (tertiary/aromatic N) is 2. The number of hydrogen-bond acceptors (Lipinski definition) is 4. The van der Waals surface area contributed by atoms with Crippen molar-refractivity contribution in [3.63, 3.8) is 0 Å². The summed E-state index contributed by atoms with van der Waals surface area (Å²) in [6.07, 6.45) is 0.590. The highest BCUT2D eigenvalue weighted by molar-refractivity contribution is 7.13. The summed E-state index contributed by atoms with van der Waals surface area (Å²) in [5, 5.41) is 12.5. The molecule has 4 heteroatoms. The van der Waals surface area contributed by atoms with Crippen molar-refractivity contribution in [1.29, 1.82) is 0 Å². The average Bonchev–Trinajstić information content (AvgIpc) is 2.88. The Morgan fingerprint density at radius 2 is 2.11 bits per heavy atom. The number of thiazole rings is 1. The summed E-state index contributed by atoms with van der Waals surface area (Å²) in [4.78, 5) is 6.79. The molecular weight excluding hydrogens is 244 g/mol. The number of aliphatic hydroxyl groups excluding tert-OH is 1. The molecule has 2 aromatic rings. The van der Waals surface area contributed by atoms with E-state index >= 15 is 0 Å². The molecule has 0 fully saturated rings. The van der Waals surface area contributed by atoms with Crippen LogP contribution in [0.4, 0.5) is 5.13 Å². The van der Waals surface area contributed by atoms with E-state index in [4.69, 9.17) is 0 Å². The summed E-state index contributed by atoms with van der Waals surface area (Å²) in [6.45, 7) is 3.68. The number of aromatic nitrogens is 1. The van der Waals surface area contributed by atoms with E-state index in [2.05, 4.69) is 34.1 Å². The molecule has 1 atom stereocenters. The van der Waals surface area contributed by atoms with Gasteiger partial charge < -0.3 is 10.0 Å². The van der Waals surface area contributed by atoms with E-state index in [1.807, 2.05) is 5.38 Å². The van der Waals surface area contributed by atoms with Crippen LogP contribution in [0.2, 0.25) is 0 Å². The molecule has 1 unspecified atom stereocenters. The van der Waals surface area contributed by atoms with Crippen LogP contribution in [0.15, 0.2) is 29.6 Å². The van der Waals surface area contributed by atoms with Gasteiger partial charge in [-0.25, -0.2) is 4.98 Å². The number of anilines is 1. The fourth-order valence-corrected chi connectivity index (χ4v) is 3.21. The second-order valence-electron chi connectivity index (χ2n) is 4.67. The van der Waals surface area contributed by atoms with Crippen LogP contribution in [-0.2, 0) is 13.0 Å². The maximum atomic E-state index is 9.52. The lowest BCUT2D eigenvalue weighted by Crippen LogP contribution is -2.30. The van der Waals surface area contributed by atoms with Gasteiger partial charge in [0.25, 0.3) is 0 Å². The summed E-state index contributed by atoms with van der Waals surface area (Å²) in [6, 6.07) is 8.58. The van der Waals surface area contributed by atoms with Crippen LogP contribution in [0, 0.1) is 0 Å². The normalized spacial score (nSPS) is 16.4. The molecule has 0 spiro atoms. The lowest BCUT2D eigenvalue weighted by atomic mass is 10.0. The monoisotopic (exact) mass is 260 g/mol. The molecule has 0 bridgehead atoms. The highest BCUT2D eigenvalue weighted by Crippen LogP contribution is 2.28.